The summed E-state index contributed by atoms with van der Waals surface area (Å²) in [6.07, 6.45) is 0.514. The van der Waals surface area contributed by atoms with Crippen LogP contribution in [-0.2, 0) is 16.4 Å². The highest BCUT2D eigenvalue weighted by atomic mass is 32.2. The van der Waals surface area contributed by atoms with Crippen LogP contribution in [0.2, 0.25) is 0 Å². The van der Waals surface area contributed by atoms with E-state index in [2.05, 4.69) is 37.3 Å². The topological polar surface area (TPSA) is 86.7 Å². The molecule has 24 heavy (non-hydrogen) atoms. The summed E-state index contributed by atoms with van der Waals surface area (Å²) in [5.41, 5.74) is 0.579. The molecule has 2 N–H and O–H groups in total. The van der Waals surface area contributed by atoms with Crippen LogP contribution in [0.5, 0.6) is 0 Å². The van der Waals surface area contributed by atoms with E-state index in [1.54, 1.807) is 6.07 Å². The van der Waals surface area contributed by atoms with Crippen LogP contribution in [0.25, 0.3) is 0 Å². The van der Waals surface area contributed by atoms with Gasteiger partial charge in [-0.1, -0.05) is 13.0 Å². The molecule has 1 rings (SSSR count). The molecule has 136 valence electrons. The van der Waals surface area contributed by atoms with Gasteiger partial charge in [0.05, 0.1) is 10.5 Å². The van der Waals surface area contributed by atoms with Crippen molar-refractivity contribution >= 4 is 16.0 Å². The highest BCUT2D eigenvalue weighted by Crippen LogP contribution is 2.18. The number of hydrogen-bond donors (Lipinski definition) is 2. The largest absolute Gasteiger partial charge is 0.478 e. The molecule has 7 heteroatoms. The molecule has 0 unspecified atom stereocenters. The van der Waals surface area contributed by atoms with Crippen LogP contribution in [0.15, 0.2) is 23.1 Å². The lowest BCUT2D eigenvalue weighted by molar-refractivity contribution is 0.0696. The Balaban J connectivity index is 2.96. The first kappa shape index (κ1) is 20.6. The van der Waals surface area contributed by atoms with E-state index in [-0.39, 0.29) is 17.0 Å². The summed E-state index contributed by atoms with van der Waals surface area (Å²) in [6.45, 7) is 11.0. The fourth-order valence-electron chi connectivity index (χ4n) is 2.73. The molecule has 0 atom stereocenters. The monoisotopic (exact) mass is 356 g/mol. The molecular weight excluding hydrogens is 328 g/mol. The molecular formula is C17H28N2O4S. The van der Waals surface area contributed by atoms with Crippen LogP contribution in [0.4, 0.5) is 0 Å². The van der Waals surface area contributed by atoms with Gasteiger partial charge in [-0.25, -0.2) is 17.9 Å². The second kappa shape index (κ2) is 8.60. The SMILES string of the molecule is CCc1ccc(C(=O)O)cc1S(=O)(=O)NCCN(C(C)C)C(C)C. The predicted molar refractivity (Wildman–Crippen MR) is 94.9 cm³/mol. The van der Waals surface area contributed by atoms with E-state index in [0.717, 1.165) is 0 Å². The number of sulfonamides is 1. The van der Waals surface area contributed by atoms with Gasteiger partial charge in [-0.2, -0.15) is 0 Å². The van der Waals surface area contributed by atoms with Crippen LogP contribution in [0.3, 0.4) is 0 Å². The zero-order valence-electron chi connectivity index (χ0n) is 15.0. The highest BCUT2D eigenvalue weighted by molar-refractivity contribution is 7.89. The molecule has 6 nitrogen and oxygen atoms in total. The van der Waals surface area contributed by atoms with E-state index in [9.17, 15) is 13.2 Å². The standard InChI is InChI=1S/C17H28N2O4S/c1-6-14-7-8-15(17(20)21)11-16(14)24(22,23)18-9-10-19(12(2)3)13(4)5/h7-8,11-13,18H,6,9-10H2,1-5H3,(H,20,21). The zero-order valence-corrected chi connectivity index (χ0v) is 15.9. The molecule has 0 saturated heterocycles. The molecule has 0 radical (unpaired) electrons. The van der Waals surface area contributed by atoms with Crippen molar-refractivity contribution in [2.24, 2.45) is 0 Å². The minimum atomic E-state index is -3.75. The minimum Gasteiger partial charge on any atom is -0.478 e. The maximum absolute atomic E-state index is 12.6. The molecule has 1 aromatic carbocycles. The first-order chi connectivity index (χ1) is 11.1. The second-order valence-corrected chi connectivity index (χ2v) is 8.04. The van der Waals surface area contributed by atoms with E-state index in [1.807, 2.05) is 6.92 Å². The Kier molecular flexibility index (Phi) is 7.38. The maximum Gasteiger partial charge on any atom is 0.335 e. The normalized spacial score (nSPS) is 12.3. The van der Waals surface area contributed by atoms with Gasteiger partial charge in [0, 0.05) is 25.2 Å². The summed E-state index contributed by atoms with van der Waals surface area (Å²) in [5.74, 6) is -1.14. The highest BCUT2D eigenvalue weighted by Gasteiger charge is 2.21. The first-order valence-corrected chi connectivity index (χ1v) is 9.70. The lowest BCUT2D eigenvalue weighted by Gasteiger charge is -2.30. The van der Waals surface area contributed by atoms with E-state index in [1.165, 1.54) is 12.1 Å². The second-order valence-electron chi connectivity index (χ2n) is 6.30. The average molecular weight is 356 g/mol. The number of aryl methyl sites for hydroxylation is 1. The molecule has 0 aliphatic rings. The Morgan fingerprint density at radius 1 is 1.21 bits per heavy atom. The minimum absolute atomic E-state index is 0.0291. The number of nitrogens with one attached hydrogen (secondary N) is 1. The molecule has 0 spiro atoms. The summed E-state index contributed by atoms with van der Waals surface area (Å²) in [4.78, 5) is 13.3. The van der Waals surface area contributed by atoms with E-state index in [4.69, 9.17) is 5.11 Å². The fourth-order valence-corrected chi connectivity index (χ4v) is 4.08. The summed E-state index contributed by atoms with van der Waals surface area (Å²) >= 11 is 0. The molecule has 0 aliphatic heterocycles. The predicted octanol–water partition coefficient (Wildman–Crippen LogP) is 2.34. The van der Waals surface area contributed by atoms with Crippen molar-refractivity contribution in [3.8, 4) is 0 Å². The molecule has 0 heterocycles. The van der Waals surface area contributed by atoms with E-state index in [0.29, 0.717) is 30.6 Å². The van der Waals surface area contributed by atoms with Gasteiger partial charge >= 0.3 is 5.97 Å². The fraction of sp³-hybridized carbons (Fsp3) is 0.588. The van der Waals surface area contributed by atoms with Crippen molar-refractivity contribution in [1.29, 1.82) is 0 Å². The van der Waals surface area contributed by atoms with Gasteiger partial charge in [0.1, 0.15) is 0 Å². The van der Waals surface area contributed by atoms with Crippen molar-refractivity contribution in [3.05, 3.63) is 29.3 Å². The maximum atomic E-state index is 12.6. The van der Waals surface area contributed by atoms with Crippen molar-refractivity contribution in [3.63, 3.8) is 0 Å². The zero-order chi connectivity index (χ0) is 18.5. The van der Waals surface area contributed by atoms with Crippen LogP contribution in [-0.4, -0.2) is 49.6 Å². The van der Waals surface area contributed by atoms with Gasteiger partial charge in [-0.05, 0) is 51.8 Å². The van der Waals surface area contributed by atoms with Crippen molar-refractivity contribution in [2.45, 2.75) is 58.0 Å². The van der Waals surface area contributed by atoms with Gasteiger partial charge in [-0.15, -0.1) is 0 Å². The van der Waals surface area contributed by atoms with E-state index < -0.39 is 16.0 Å². The Morgan fingerprint density at radius 3 is 2.25 bits per heavy atom. The molecule has 0 fully saturated rings. The quantitative estimate of drug-likeness (QED) is 0.709. The lowest BCUT2D eigenvalue weighted by atomic mass is 10.1. The first-order valence-electron chi connectivity index (χ1n) is 8.21. The average Bonchev–Trinajstić information content (AvgIpc) is 2.49. The summed E-state index contributed by atoms with van der Waals surface area (Å²) in [6, 6.07) is 4.85. The van der Waals surface area contributed by atoms with Gasteiger partial charge in [-0.3, -0.25) is 4.90 Å². The third-order valence-corrected chi connectivity index (χ3v) is 5.52. The molecule has 0 bridgehead atoms. The number of carbonyl (C=O) groups is 1. The number of carboxylic acid groups (broad SMARTS) is 1. The van der Waals surface area contributed by atoms with Gasteiger partial charge in [0.2, 0.25) is 10.0 Å². The Labute approximate surface area is 144 Å². The summed E-state index contributed by atoms with van der Waals surface area (Å²) < 4.78 is 27.8. The van der Waals surface area contributed by atoms with Crippen molar-refractivity contribution < 1.29 is 18.3 Å². The third-order valence-electron chi connectivity index (χ3n) is 3.97. The number of aromatic carboxylic acids is 1. The molecule has 0 amide bonds. The molecule has 0 aromatic heterocycles. The number of rotatable bonds is 9. The summed E-state index contributed by atoms with van der Waals surface area (Å²) in [5, 5.41) is 9.09. The molecule has 0 saturated carbocycles. The van der Waals surface area contributed by atoms with Gasteiger partial charge in [0.25, 0.3) is 0 Å². The number of nitrogens with zero attached hydrogens (tertiary/aromatic N) is 1. The third kappa shape index (κ3) is 5.29. The van der Waals surface area contributed by atoms with Crippen LogP contribution in [0, 0.1) is 0 Å². The van der Waals surface area contributed by atoms with Crippen LogP contribution < -0.4 is 4.72 Å². The smallest absolute Gasteiger partial charge is 0.335 e. The van der Waals surface area contributed by atoms with Gasteiger partial charge in [0.15, 0.2) is 0 Å². The molecule has 1 aromatic rings. The Morgan fingerprint density at radius 2 is 1.79 bits per heavy atom. The molecule has 0 aliphatic carbocycles. The number of carboxylic acids is 1. The van der Waals surface area contributed by atoms with Crippen LogP contribution >= 0.6 is 0 Å². The summed E-state index contributed by atoms with van der Waals surface area (Å²) in [7, 11) is -3.75. The number of hydrogen-bond acceptors (Lipinski definition) is 4. The lowest BCUT2D eigenvalue weighted by Crippen LogP contribution is -2.42. The van der Waals surface area contributed by atoms with Crippen molar-refractivity contribution in [2.75, 3.05) is 13.1 Å². The number of benzene rings is 1. The van der Waals surface area contributed by atoms with Crippen molar-refractivity contribution in [1.82, 2.24) is 9.62 Å². The van der Waals surface area contributed by atoms with Gasteiger partial charge < -0.3 is 5.11 Å². The Bertz CT molecular complexity index is 661. The van der Waals surface area contributed by atoms with Crippen LogP contribution in [0.1, 0.15) is 50.5 Å². The van der Waals surface area contributed by atoms with E-state index >= 15 is 0 Å². The Hall–Kier alpha value is -1.44.